The topological polar surface area (TPSA) is 44.2 Å². The van der Waals surface area contributed by atoms with Crippen LogP contribution in [0.2, 0.25) is 0 Å². The molecule has 0 radical (unpaired) electrons. The lowest BCUT2D eigenvalue weighted by molar-refractivity contribution is 1.14. The molecule has 0 N–H and O–H groups in total. The summed E-state index contributed by atoms with van der Waals surface area (Å²) in [5.41, 5.74) is 12.3. The van der Waals surface area contributed by atoms with Gasteiger partial charge in [0, 0.05) is 39.1 Å². The first-order valence-corrected chi connectivity index (χ1v) is 17.8. The Kier molecular flexibility index (Phi) is 6.34. The van der Waals surface area contributed by atoms with E-state index in [-0.39, 0.29) is 5.56 Å². The molecule has 0 fully saturated rings. The number of para-hydroxylation sites is 4. The number of hydrogen-bond donors (Lipinski definition) is 0. The molecular weight excluding hydrogens is 649 g/mol. The minimum atomic E-state index is -0.230. The molecule has 0 bridgehead atoms. The summed E-state index contributed by atoms with van der Waals surface area (Å²) >= 11 is 0. The Bertz CT molecular complexity index is 3300. The third kappa shape index (κ3) is 4.51. The van der Waals surface area contributed by atoms with Gasteiger partial charge in [-0.15, -0.1) is 0 Å². The van der Waals surface area contributed by atoms with Crippen molar-refractivity contribution >= 4 is 60.2 Å². The molecule has 4 heterocycles. The molecule has 53 heavy (non-hydrogen) atoms. The van der Waals surface area contributed by atoms with Crippen LogP contribution in [0.25, 0.3) is 93.8 Å². The van der Waals surface area contributed by atoms with Crippen molar-refractivity contribution in [2.75, 3.05) is 0 Å². The van der Waals surface area contributed by atoms with E-state index in [9.17, 15) is 4.79 Å². The van der Waals surface area contributed by atoms with E-state index < -0.39 is 0 Å². The zero-order valence-electron chi connectivity index (χ0n) is 28.5. The van der Waals surface area contributed by atoms with Crippen molar-refractivity contribution < 1.29 is 0 Å². The Hall–Kier alpha value is -7.24. The monoisotopic (exact) mass is 678 g/mol. The fourth-order valence-corrected chi connectivity index (χ4v) is 8.22. The van der Waals surface area contributed by atoms with Crippen LogP contribution in [0.3, 0.4) is 0 Å². The largest absolute Gasteiger partial charge is 0.309 e. The van der Waals surface area contributed by atoms with Crippen molar-refractivity contribution in [2.45, 2.75) is 0 Å². The minimum Gasteiger partial charge on any atom is -0.309 e. The number of aromatic nitrogens is 4. The molecule has 0 saturated heterocycles. The number of benzene rings is 7. The Morgan fingerprint density at radius 3 is 1.36 bits per heavy atom. The standard InChI is InChI=1S/C48H30N4O/c53-48-41-29-32(31-20-24-45-39(27-31)37-15-7-9-17-43(37)51(45)35-11-3-1-4-12-35)19-23-42(41)50-30-34(22-26-47(50)49-48)33-21-25-46-40(28-33)38-16-8-10-18-44(38)52(46)36-13-5-2-6-14-36/h1-30H. The van der Waals surface area contributed by atoms with Gasteiger partial charge in [-0.05, 0) is 107 Å². The number of nitrogens with zero attached hydrogens (tertiary/aromatic N) is 4. The first-order valence-electron chi connectivity index (χ1n) is 17.8. The summed E-state index contributed by atoms with van der Waals surface area (Å²) in [6.45, 7) is 0. The third-order valence-corrected chi connectivity index (χ3v) is 10.7. The van der Waals surface area contributed by atoms with Gasteiger partial charge in [0.15, 0.2) is 0 Å². The molecule has 7 aromatic carbocycles. The Morgan fingerprint density at radius 2 is 0.792 bits per heavy atom. The van der Waals surface area contributed by atoms with Crippen molar-refractivity contribution in [1.29, 1.82) is 0 Å². The molecular formula is C48H30N4O. The van der Waals surface area contributed by atoms with E-state index in [1.54, 1.807) is 0 Å². The summed E-state index contributed by atoms with van der Waals surface area (Å²) in [5, 5.41) is 5.35. The lowest BCUT2D eigenvalue weighted by Crippen LogP contribution is -2.10. The second-order valence-electron chi connectivity index (χ2n) is 13.6. The average molecular weight is 679 g/mol. The molecule has 0 aliphatic heterocycles. The van der Waals surface area contributed by atoms with Crippen LogP contribution in [0.1, 0.15) is 0 Å². The molecule has 0 aliphatic carbocycles. The van der Waals surface area contributed by atoms with E-state index in [0.717, 1.165) is 55.7 Å². The molecule has 0 aliphatic rings. The first-order chi connectivity index (χ1) is 26.2. The zero-order valence-corrected chi connectivity index (χ0v) is 28.5. The summed E-state index contributed by atoms with van der Waals surface area (Å²) in [5.74, 6) is 0. The van der Waals surface area contributed by atoms with Gasteiger partial charge in [-0.25, -0.2) is 0 Å². The van der Waals surface area contributed by atoms with E-state index >= 15 is 0 Å². The quantitative estimate of drug-likeness (QED) is 0.174. The van der Waals surface area contributed by atoms with Crippen molar-refractivity contribution in [1.82, 2.24) is 18.5 Å². The summed E-state index contributed by atoms with van der Waals surface area (Å²) in [7, 11) is 0. The summed E-state index contributed by atoms with van der Waals surface area (Å²) < 4.78 is 6.69. The number of fused-ring (bicyclic) bond motifs is 9. The normalized spacial score (nSPS) is 11.8. The van der Waals surface area contributed by atoms with Gasteiger partial charge in [0.1, 0.15) is 5.65 Å². The molecule has 0 unspecified atom stereocenters. The fraction of sp³-hybridized carbons (Fsp3) is 0. The van der Waals surface area contributed by atoms with Gasteiger partial charge in [0.05, 0.1) is 33.0 Å². The second kappa shape index (κ2) is 11.4. The van der Waals surface area contributed by atoms with Gasteiger partial charge in [0.2, 0.25) is 0 Å². The molecule has 0 saturated carbocycles. The molecule has 5 nitrogen and oxygen atoms in total. The molecule has 248 valence electrons. The molecule has 11 rings (SSSR count). The predicted molar refractivity (Wildman–Crippen MR) is 219 cm³/mol. The minimum absolute atomic E-state index is 0.230. The SMILES string of the molecule is O=c1nc2ccc(-c3ccc4c(c3)c3ccccc3n4-c3ccccc3)cn2c2ccc(-c3ccc4c(c3)c3ccccc3n4-c3ccccc3)cc12. The van der Waals surface area contributed by atoms with E-state index in [1.807, 2.05) is 28.7 Å². The highest BCUT2D eigenvalue weighted by molar-refractivity contribution is 6.11. The van der Waals surface area contributed by atoms with Crippen molar-refractivity contribution in [2.24, 2.45) is 0 Å². The van der Waals surface area contributed by atoms with Crippen LogP contribution in [0, 0.1) is 0 Å². The van der Waals surface area contributed by atoms with Gasteiger partial charge in [-0.1, -0.05) is 91.0 Å². The molecule has 11 aromatic rings. The van der Waals surface area contributed by atoms with Gasteiger partial charge >= 0.3 is 0 Å². The summed E-state index contributed by atoms with van der Waals surface area (Å²) in [4.78, 5) is 18.1. The Balaban J connectivity index is 1.04. The van der Waals surface area contributed by atoms with E-state index in [4.69, 9.17) is 0 Å². The maximum Gasteiger partial charge on any atom is 0.281 e. The lowest BCUT2D eigenvalue weighted by atomic mass is 10.0. The van der Waals surface area contributed by atoms with Gasteiger partial charge in [0.25, 0.3) is 5.56 Å². The van der Waals surface area contributed by atoms with E-state index in [2.05, 4.69) is 172 Å². The van der Waals surface area contributed by atoms with Gasteiger partial charge in [-0.3, -0.25) is 4.79 Å². The van der Waals surface area contributed by atoms with Crippen LogP contribution in [-0.4, -0.2) is 18.5 Å². The molecule has 0 amide bonds. The van der Waals surface area contributed by atoms with Gasteiger partial charge in [-0.2, -0.15) is 4.98 Å². The smallest absolute Gasteiger partial charge is 0.281 e. The molecule has 5 heteroatoms. The lowest BCUT2D eigenvalue weighted by Gasteiger charge is -2.11. The van der Waals surface area contributed by atoms with Crippen LogP contribution >= 0.6 is 0 Å². The Labute approximate surface area is 303 Å². The molecule has 0 atom stereocenters. The van der Waals surface area contributed by atoms with Crippen LogP contribution in [-0.2, 0) is 0 Å². The van der Waals surface area contributed by atoms with Crippen LogP contribution in [0.5, 0.6) is 0 Å². The van der Waals surface area contributed by atoms with Gasteiger partial charge < -0.3 is 13.5 Å². The fourth-order valence-electron chi connectivity index (χ4n) is 8.22. The maximum atomic E-state index is 13.5. The van der Waals surface area contributed by atoms with Crippen LogP contribution in [0.15, 0.2) is 187 Å². The number of rotatable bonds is 4. The van der Waals surface area contributed by atoms with Crippen molar-refractivity contribution in [3.8, 4) is 33.6 Å². The van der Waals surface area contributed by atoms with Crippen molar-refractivity contribution in [3.63, 3.8) is 0 Å². The van der Waals surface area contributed by atoms with Crippen molar-refractivity contribution in [3.05, 3.63) is 192 Å². The average Bonchev–Trinajstić information content (AvgIpc) is 3.73. The summed E-state index contributed by atoms with van der Waals surface area (Å²) in [6, 6.07) is 61.5. The maximum absolute atomic E-state index is 13.5. The highest BCUT2D eigenvalue weighted by Crippen LogP contribution is 2.37. The van der Waals surface area contributed by atoms with Crippen LogP contribution < -0.4 is 5.56 Å². The zero-order chi connectivity index (χ0) is 35.0. The van der Waals surface area contributed by atoms with E-state index in [0.29, 0.717) is 11.0 Å². The third-order valence-electron chi connectivity index (χ3n) is 10.7. The number of hydrogen-bond acceptors (Lipinski definition) is 2. The molecule has 0 spiro atoms. The number of pyridine rings is 1. The Morgan fingerprint density at radius 1 is 0.358 bits per heavy atom. The van der Waals surface area contributed by atoms with E-state index in [1.165, 1.54) is 27.1 Å². The second-order valence-corrected chi connectivity index (χ2v) is 13.6. The summed E-state index contributed by atoms with van der Waals surface area (Å²) in [6.07, 6.45) is 2.10. The highest BCUT2D eigenvalue weighted by Gasteiger charge is 2.16. The highest BCUT2D eigenvalue weighted by atomic mass is 16.1. The first kappa shape index (κ1) is 29.5. The molecule has 4 aromatic heterocycles. The predicted octanol–water partition coefficient (Wildman–Crippen LogP) is 11.4. The van der Waals surface area contributed by atoms with Crippen LogP contribution in [0.4, 0.5) is 0 Å².